The summed E-state index contributed by atoms with van der Waals surface area (Å²) in [5, 5.41) is 2.60. The quantitative estimate of drug-likeness (QED) is 0.554. The third-order valence-electron chi connectivity index (χ3n) is 2.89. The van der Waals surface area contributed by atoms with Gasteiger partial charge in [0.15, 0.2) is 0 Å². The highest BCUT2D eigenvalue weighted by Gasteiger charge is 2.25. The van der Waals surface area contributed by atoms with Crippen LogP contribution in [-0.4, -0.2) is 76.5 Å². The number of hydrogen-bond donors (Lipinski definition) is 1. The van der Waals surface area contributed by atoms with Crippen molar-refractivity contribution in [1.29, 1.82) is 0 Å². The highest BCUT2D eigenvalue weighted by molar-refractivity contribution is 5.83. The molecular formula is C13H26N2O5. The van der Waals surface area contributed by atoms with E-state index in [0.29, 0.717) is 26.3 Å². The van der Waals surface area contributed by atoms with Crippen molar-refractivity contribution in [2.75, 3.05) is 47.6 Å². The fourth-order valence-corrected chi connectivity index (χ4v) is 1.85. The number of carbonyl (C=O) groups excluding carboxylic acids is 2. The Morgan fingerprint density at radius 3 is 2.30 bits per heavy atom. The number of methoxy groups -OCH3 is 3. The summed E-state index contributed by atoms with van der Waals surface area (Å²) in [5.74, 6) is -0.737. The van der Waals surface area contributed by atoms with Crippen LogP contribution in [0.1, 0.15) is 13.8 Å². The summed E-state index contributed by atoms with van der Waals surface area (Å²) in [6.45, 7) is 5.39. The number of rotatable bonds is 10. The van der Waals surface area contributed by atoms with Crippen LogP contribution in [-0.2, 0) is 23.8 Å². The number of hydrogen-bond acceptors (Lipinski definition) is 6. The normalized spacial score (nSPS) is 13.9. The zero-order valence-corrected chi connectivity index (χ0v) is 13.0. The number of esters is 1. The Hall–Kier alpha value is -1.18. The molecule has 0 rings (SSSR count). The van der Waals surface area contributed by atoms with Gasteiger partial charge < -0.3 is 19.5 Å². The predicted octanol–water partition coefficient (Wildman–Crippen LogP) is -0.353. The van der Waals surface area contributed by atoms with Crippen molar-refractivity contribution < 1.29 is 23.8 Å². The molecule has 7 heteroatoms. The summed E-state index contributed by atoms with van der Waals surface area (Å²) in [7, 11) is 4.54. The largest absolute Gasteiger partial charge is 0.467 e. The van der Waals surface area contributed by atoms with Gasteiger partial charge in [-0.15, -0.1) is 0 Å². The van der Waals surface area contributed by atoms with E-state index in [2.05, 4.69) is 5.32 Å². The van der Waals surface area contributed by atoms with Crippen LogP contribution < -0.4 is 5.32 Å². The maximum Gasteiger partial charge on any atom is 0.329 e. The van der Waals surface area contributed by atoms with Crippen LogP contribution in [0.4, 0.5) is 0 Å². The van der Waals surface area contributed by atoms with Gasteiger partial charge in [-0.05, 0) is 6.92 Å². The van der Waals surface area contributed by atoms with Crippen molar-refractivity contribution in [2.24, 2.45) is 0 Å². The summed E-state index contributed by atoms with van der Waals surface area (Å²) in [6.07, 6.45) is 0. The molecule has 1 amide bonds. The van der Waals surface area contributed by atoms with E-state index in [1.807, 2.05) is 11.8 Å². The molecule has 20 heavy (non-hydrogen) atoms. The number of nitrogens with one attached hydrogen (secondary N) is 1. The molecule has 0 saturated heterocycles. The standard InChI is InChI=1S/C13H26N2O5/c1-10(9-19-4)15(6-7-18-3)8-12(13(17)20-5)14-11(2)16/h10,12H,6-9H2,1-5H3,(H,14,16). The van der Waals surface area contributed by atoms with E-state index in [9.17, 15) is 9.59 Å². The van der Waals surface area contributed by atoms with Crippen molar-refractivity contribution >= 4 is 11.9 Å². The molecule has 2 atom stereocenters. The van der Waals surface area contributed by atoms with E-state index in [4.69, 9.17) is 14.2 Å². The molecule has 0 aromatic heterocycles. The van der Waals surface area contributed by atoms with Gasteiger partial charge in [-0.25, -0.2) is 4.79 Å². The Labute approximate surface area is 120 Å². The molecule has 0 aliphatic heterocycles. The lowest BCUT2D eigenvalue weighted by Gasteiger charge is -2.31. The molecule has 0 aromatic carbocycles. The second kappa shape index (κ2) is 10.6. The van der Waals surface area contributed by atoms with Gasteiger partial charge in [0, 0.05) is 40.3 Å². The predicted molar refractivity (Wildman–Crippen MR) is 74.4 cm³/mol. The Morgan fingerprint density at radius 2 is 1.85 bits per heavy atom. The van der Waals surface area contributed by atoms with Crippen molar-refractivity contribution in [3.05, 3.63) is 0 Å². The summed E-state index contributed by atoms with van der Waals surface area (Å²) in [4.78, 5) is 24.9. The average Bonchev–Trinajstić information content (AvgIpc) is 2.40. The molecule has 0 heterocycles. The van der Waals surface area contributed by atoms with Gasteiger partial charge in [0.05, 0.1) is 20.3 Å². The molecule has 0 fully saturated rings. The third kappa shape index (κ3) is 7.42. The average molecular weight is 290 g/mol. The lowest BCUT2D eigenvalue weighted by molar-refractivity contribution is -0.145. The number of ether oxygens (including phenoxy) is 3. The molecule has 7 nitrogen and oxygen atoms in total. The first kappa shape index (κ1) is 18.8. The van der Waals surface area contributed by atoms with Crippen molar-refractivity contribution in [1.82, 2.24) is 10.2 Å². The molecular weight excluding hydrogens is 264 g/mol. The Kier molecular flexibility index (Phi) is 9.96. The SMILES string of the molecule is COCCN(CC(NC(C)=O)C(=O)OC)C(C)COC. The highest BCUT2D eigenvalue weighted by Crippen LogP contribution is 2.03. The van der Waals surface area contributed by atoms with Crippen molar-refractivity contribution in [3.63, 3.8) is 0 Å². The number of amides is 1. The smallest absolute Gasteiger partial charge is 0.329 e. The first-order valence-electron chi connectivity index (χ1n) is 6.53. The topological polar surface area (TPSA) is 77.1 Å². The Bertz CT molecular complexity index is 298. The summed E-state index contributed by atoms with van der Waals surface area (Å²) in [6, 6.07) is -0.607. The first-order valence-corrected chi connectivity index (χ1v) is 6.53. The summed E-state index contributed by atoms with van der Waals surface area (Å²) in [5.41, 5.74) is 0. The fourth-order valence-electron chi connectivity index (χ4n) is 1.85. The maximum absolute atomic E-state index is 11.7. The minimum atomic E-state index is -0.700. The van der Waals surface area contributed by atoms with Crippen LogP contribution >= 0.6 is 0 Å². The van der Waals surface area contributed by atoms with Crippen LogP contribution in [0.2, 0.25) is 0 Å². The molecule has 0 aliphatic carbocycles. The Morgan fingerprint density at radius 1 is 1.20 bits per heavy atom. The van der Waals surface area contributed by atoms with Crippen LogP contribution in [0.25, 0.3) is 0 Å². The molecule has 0 radical (unpaired) electrons. The van der Waals surface area contributed by atoms with Gasteiger partial charge in [-0.2, -0.15) is 0 Å². The van der Waals surface area contributed by atoms with Crippen LogP contribution in [0.15, 0.2) is 0 Å². The van der Waals surface area contributed by atoms with Crippen LogP contribution in [0.3, 0.4) is 0 Å². The van der Waals surface area contributed by atoms with Crippen molar-refractivity contribution in [2.45, 2.75) is 25.9 Å². The van der Waals surface area contributed by atoms with Crippen LogP contribution in [0, 0.1) is 0 Å². The van der Waals surface area contributed by atoms with Gasteiger partial charge in [-0.1, -0.05) is 0 Å². The molecule has 0 aliphatic rings. The molecule has 118 valence electrons. The van der Waals surface area contributed by atoms with Gasteiger partial charge >= 0.3 is 5.97 Å². The number of nitrogens with zero attached hydrogens (tertiary/aromatic N) is 1. The molecule has 0 saturated carbocycles. The van der Waals surface area contributed by atoms with Gasteiger partial charge in [0.2, 0.25) is 5.91 Å². The second-order valence-corrected chi connectivity index (χ2v) is 4.57. The Balaban J connectivity index is 4.75. The van der Waals surface area contributed by atoms with E-state index >= 15 is 0 Å². The highest BCUT2D eigenvalue weighted by atomic mass is 16.5. The minimum absolute atomic E-state index is 0.0936. The molecule has 0 bridgehead atoms. The third-order valence-corrected chi connectivity index (χ3v) is 2.89. The molecule has 1 N–H and O–H groups in total. The van der Waals surface area contributed by atoms with E-state index in [1.54, 1.807) is 14.2 Å². The minimum Gasteiger partial charge on any atom is -0.467 e. The van der Waals surface area contributed by atoms with E-state index < -0.39 is 12.0 Å². The molecule has 0 spiro atoms. The summed E-state index contributed by atoms with van der Waals surface area (Å²) >= 11 is 0. The monoisotopic (exact) mass is 290 g/mol. The zero-order chi connectivity index (χ0) is 15.5. The summed E-state index contributed by atoms with van der Waals surface area (Å²) < 4.78 is 14.9. The van der Waals surface area contributed by atoms with E-state index in [-0.39, 0.29) is 11.9 Å². The first-order chi connectivity index (χ1) is 9.46. The van der Waals surface area contributed by atoms with Crippen molar-refractivity contribution in [3.8, 4) is 0 Å². The van der Waals surface area contributed by atoms with Crippen LogP contribution in [0.5, 0.6) is 0 Å². The lowest BCUT2D eigenvalue weighted by atomic mass is 10.2. The van der Waals surface area contributed by atoms with Gasteiger partial charge in [0.1, 0.15) is 6.04 Å². The lowest BCUT2D eigenvalue weighted by Crippen LogP contribution is -2.52. The fraction of sp³-hybridized carbons (Fsp3) is 0.846. The van der Waals surface area contributed by atoms with E-state index in [1.165, 1.54) is 14.0 Å². The molecule has 2 unspecified atom stereocenters. The maximum atomic E-state index is 11.7. The zero-order valence-electron chi connectivity index (χ0n) is 13.0. The molecule has 0 aromatic rings. The van der Waals surface area contributed by atoms with Gasteiger partial charge in [-0.3, -0.25) is 9.69 Å². The van der Waals surface area contributed by atoms with Gasteiger partial charge in [0.25, 0.3) is 0 Å². The second-order valence-electron chi connectivity index (χ2n) is 4.57. The number of carbonyl (C=O) groups is 2. The van der Waals surface area contributed by atoms with E-state index in [0.717, 1.165) is 0 Å².